The molecular formula is C17H17BrO4. The molecule has 7 aliphatic rings. The fraction of sp³-hybridized carbons (Fsp3) is 0.765. The maximum absolute atomic E-state index is 12.5. The molecule has 1 heterocycles. The summed E-state index contributed by atoms with van der Waals surface area (Å²) in [6, 6.07) is 0. The van der Waals surface area contributed by atoms with Crippen molar-refractivity contribution in [2.24, 2.45) is 47.3 Å². The second-order valence-corrected chi connectivity index (χ2v) is 9.44. The molecule has 0 aromatic heterocycles. The fourth-order valence-electron chi connectivity index (χ4n) is 7.49. The molecule has 0 amide bonds. The van der Waals surface area contributed by atoms with Crippen LogP contribution in [0, 0.1) is 47.3 Å². The van der Waals surface area contributed by atoms with E-state index in [1.807, 2.05) is 0 Å². The third kappa shape index (κ3) is 1.06. The topological polar surface area (TPSA) is 52.6 Å². The number of hydrogen-bond acceptors (Lipinski definition) is 4. The highest BCUT2D eigenvalue weighted by molar-refractivity contribution is 9.09. The number of rotatable bonds is 0. The van der Waals surface area contributed by atoms with Gasteiger partial charge in [-0.25, -0.2) is 9.59 Å². The molecule has 5 heteroatoms. The second kappa shape index (κ2) is 3.33. The molecule has 9 atom stereocenters. The summed E-state index contributed by atoms with van der Waals surface area (Å²) in [7, 11) is 0. The molecule has 1 aliphatic heterocycles. The lowest BCUT2D eigenvalue weighted by Crippen LogP contribution is -2.42. The Labute approximate surface area is 136 Å². The van der Waals surface area contributed by atoms with Gasteiger partial charge in [0.25, 0.3) is 5.79 Å². The number of esters is 2. The van der Waals surface area contributed by atoms with Crippen molar-refractivity contribution in [3.05, 3.63) is 11.1 Å². The highest BCUT2D eigenvalue weighted by Crippen LogP contribution is 2.85. The first-order valence-corrected chi connectivity index (χ1v) is 9.17. The Morgan fingerprint density at radius 2 is 1.59 bits per heavy atom. The van der Waals surface area contributed by atoms with Crippen LogP contribution in [0.2, 0.25) is 0 Å². The first-order chi connectivity index (χ1) is 10.4. The quantitative estimate of drug-likeness (QED) is 0.286. The molecule has 6 aliphatic carbocycles. The number of carbonyl (C=O) groups excluding carboxylic acids is 2. The number of carbonyl (C=O) groups is 2. The molecule has 0 aromatic carbocycles. The van der Waals surface area contributed by atoms with Crippen LogP contribution in [0.15, 0.2) is 11.1 Å². The summed E-state index contributed by atoms with van der Waals surface area (Å²) in [5, 5.41) is 0. The van der Waals surface area contributed by atoms with Gasteiger partial charge in [0.05, 0.1) is 0 Å². The predicted molar refractivity (Wildman–Crippen MR) is 78.5 cm³/mol. The highest BCUT2D eigenvalue weighted by Gasteiger charge is 2.82. The van der Waals surface area contributed by atoms with Crippen molar-refractivity contribution in [3.63, 3.8) is 0 Å². The van der Waals surface area contributed by atoms with Gasteiger partial charge in [-0.3, -0.25) is 0 Å². The van der Waals surface area contributed by atoms with Gasteiger partial charge < -0.3 is 9.47 Å². The average molecular weight is 365 g/mol. The number of allylic oxidation sites excluding steroid dienone is 1. The zero-order valence-electron chi connectivity index (χ0n) is 12.4. The number of hydrogen-bond donors (Lipinski definition) is 0. The maximum Gasteiger partial charge on any atom is 0.348 e. The third-order valence-electron chi connectivity index (χ3n) is 7.45. The van der Waals surface area contributed by atoms with Crippen molar-refractivity contribution in [1.82, 2.24) is 0 Å². The van der Waals surface area contributed by atoms with Crippen LogP contribution in [0.4, 0.5) is 0 Å². The Hall–Kier alpha value is -0.840. The third-order valence-corrected chi connectivity index (χ3v) is 8.67. The van der Waals surface area contributed by atoms with Gasteiger partial charge in [-0.2, -0.15) is 0 Å². The molecule has 22 heavy (non-hydrogen) atoms. The van der Waals surface area contributed by atoms with Crippen LogP contribution in [0.1, 0.15) is 20.3 Å². The van der Waals surface area contributed by atoms with Crippen molar-refractivity contribution in [1.29, 1.82) is 0 Å². The van der Waals surface area contributed by atoms with Crippen molar-refractivity contribution >= 4 is 27.9 Å². The molecule has 6 bridgehead atoms. The SMILES string of the molecule is CC1(C)OC(=O)C(=C2[C@@H]3C4[C@@H]5[C@H](Br)[C@H]6C([C@@H]3C[C@@H]46)[C@H]25)C(=O)O1. The first-order valence-electron chi connectivity index (χ1n) is 8.25. The van der Waals surface area contributed by atoms with Crippen molar-refractivity contribution in [3.8, 4) is 0 Å². The first kappa shape index (κ1) is 12.6. The van der Waals surface area contributed by atoms with Gasteiger partial charge in [-0.1, -0.05) is 15.9 Å². The fourth-order valence-corrected chi connectivity index (χ4v) is 8.92. The highest BCUT2D eigenvalue weighted by atomic mass is 79.9. The van der Waals surface area contributed by atoms with E-state index in [-0.39, 0.29) is 5.57 Å². The number of cyclic esters (lactones) is 2. The van der Waals surface area contributed by atoms with Gasteiger partial charge in [-0.05, 0) is 59.3 Å². The van der Waals surface area contributed by atoms with Gasteiger partial charge in [0.2, 0.25) is 0 Å². The van der Waals surface area contributed by atoms with E-state index in [1.54, 1.807) is 13.8 Å². The molecule has 7 fully saturated rings. The van der Waals surface area contributed by atoms with E-state index in [9.17, 15) is 9.59 Å². The molecule has 116 valence electrons. The van der Waals surface area contributed by atoms with E-state index in [1.165, 1.54) is 6.42 Å². The lowest BCUT2D eigenvalue weighted by Gasteiger charge is -2.32. The lowest BCUT2D eigenvalue weighted by atomic mass is 9.71. The number of ether oxygens (including phenoxy) is 2. The summed E-state index contributed by atoms with van der Waals surface area (Å²) in [5.41, 5.74) is 1.36. The van der Waals surface area contributed by atoms with E-state index in [4.69, 9.17) is 9.47 Å². The summed E-state index contributed by atoms with van der Waals surface area (Å²) in [4.78, 5) is 25.6. The minimum Gasteiger partial charge on any atom is -0.419 e. The van der Waals surface area contributed by atoms with Crippen LogP contribution >= 0.6 is 15.9 Å². The predicted octanol–water partition coefficient (Wildman–Crippen LogP) is 2.27. The summed E-state index contributed by atoms with van der Waals surface area (Å²) < 4.78 is 10.7. The van der Waals surface area contributed by atoms with Gasteiger partial charge in [0.15, 0.2) is 0 Å². The van der Waals surface area contributed by atoms with Crippen molar-refractivity contribution in [2.45, 2.75) is 30.9 Å². The van der Waals surface area contributed by atoms with Gasteiger partial charge in [0.1, 0.15) is 5.57 Å². The monoisotopic (exact) mass is 364 g/mol. The minimum atomic E-state index is -1.14. The minimum absolute atomic E-state index is 0.247. The van der Waals surface area contributed by atoms with Gasteiger partial charge in [0, 0.05) is 18.7 Å². The Balaban J connectivity index is 1.54. The molecular weight excluding hydrogens is 348 g/mol. The van der Waals surface area contributed by atoms with E-state index in [0.717, 1.165) is 17.4 Å². The molecule has 0 N–H and O–H groups in total. The molecule has 7 rings (SSSR count). The Morgan fingerprint density at radius 1 is 0.955 bits per heavy atom. The van der Waals surface area contributed by atoms with E-state index in [2.05, 4.69) is 15.9 Å². The maximum atomic E-state index is 12.5. The Kier molecular flexibility index (Phi) is 1.90. The molecule has 0 radical (unpaired) electrons. The zero-order valence-corrected chi connectivity index (χ0v) is 14.0. The van der Waals surface area contributed by atoms with Crippen molar-refractivity contribution < 1.29 is 19.1 Å². The molecule has 6 saturated carbocycles. The second-order valence-electron chi connectivity index (χ2n) is 8.38. The van der Waals surface area contributed by atoms with Crippen LogP contribution in [0.25, 0.3) is 0 Å². The van der Waals surface area contributed by atoms with Crippen LogP contribution in [-0.4, -0.2) is 22.6 Å². The molecule has 4 nitrogen and oxygen atoms in total. The number of alkyl halides is 1. The van der Waals surface area contributed by atoms with Crippen LogP contribution < -0.4 is 0 Å². The molecule has 1 saturated heterocycles. The normalized spacial score (nSPS) is 58.2. The average Bonchev–Trinajstić information content (AvgIpc) is 3.10. The smallest absolute Gasteiger partial charge is 0.348 e. The summed E-state index contributed by atoms with van der Waals surface area (Å²) >= 11 is 3.93. The standard InChI is InChI=1S/C17H17BrO4/c1-17(2)21-15(19)13(16(20)22-17)11-6-4-3-5-7(6)12-10(11)8(4)9(5)14(12)18/h4-10,12,14H,3H2,1-2H3/t4-,5+,6+,7?,8?,9-,10-,12+,14-/m1/s1. The van der Waals surface area contributed by atoms with E-state index >= 15 is 0 Å². The molecule has 0 spiro atoms. The van der Waals surface area contributed by atoms with Crippen LogP contribution in [0.3, 0.4) is 0 Å². The summed E-state index contributed by atoms with van der Waals surface area (Å²) in [5.74, 6) is 3.08. The van der Waals surface area contributed by atoms with Gasteiger partial charge in [-0.15, -0.1) is 0 Å². The van der Waals surface area contributed by atoms with E-state index in [0.29, 0.717) is 40.3 Å². The lowest BCUT2D eigenvalue weighted by molar-refractivity contribution is -0.222. The Morgan fingerprint density at radius 3 is 2.23 bits per heavy atom. The van der Waals surface area contributed by atoms with Crippen LogP contribution in [-0.2, 0) is 19.1 Å². The molecule has 0 aromatic rings. The largest absolute Gasteiger partial charge is 0.419 e. The summed E-state index contributed by atoms with van der Waals surface area (Å²) in [6.07, 6.45) is 1.30. The zero-order chi connectivity index (χ0) is 15.1. The summed E-state index contributed by atoms with van der Waals surface area (Å²) in [6.45, 7) is 3.22. The molecule has 2 unspecified atom stereocenters. The Bertz CT molecular complexity index is 671. The van der Waals surface area contributed by atoms with Crippen molar-refractivity contribution in [2.75, 3.05) is 0 Å². The van der Waals surface area contributed by atoms with E-state index < -0.39 is 17.7 Å². The number of halogens is 1. The van der Waals surface area contributed by atoms with Gasteiger partial charge >= 0.3 is 11.9 Å². The van der Waals surface area contributed by atoms with Crippen LogP contribution in [0.5, 0.6) is 0 Å².